The van der Waals surface area contributed by atoms with Gasteiger partial charge in [-0.25, -0.2) is 0 Å². The molecule has 25 heavy (non-hydrogen) atoms. The Bertz CT molecular complexity index is 868. The molecular formula is C18H16N2O5. The summed E-state index contributed by atoms with van der Waals surface area (Å²) in [5.41, 5.74) is 1.29. The Morgan fingerprint density at radius 1 is 1.04 bits per heavy atom. The third-order valence-corrected chi connectivity index (χ3v) is 3.53. The van der Waals surface area contributed by atoms with Crippen LogP contribution in [0.3, 0.4) is 0 Å². The number of nitrogens with zero attached hydrogens (tertiary/aromatic N) is 2. The van der Waals surface area contributed by atoms with Crippen molar-refractivity contribution >= 4 is 17.3 Å². The summed E-state index contributed by atoms with van der Waals surface area (Å²) in [6.45, 7) is 0. The van der Waals surface area contributed by atoms with Crippen molar-refractivity contribution in [3.63, 3.8) is 0 Å². The smallest absolute Gasteiger partial charge is 0.311 e. The molecule has 0 aliphatic carbocycles. The first-order valence-corrected chi connectivity index (χ1v) is 7.20. The number of nitriles is 1. The van der Waals surface area contributed by atoms with Crippen molar-refractivity contribution in [3.8, 4) is 23.3 Å². The van der Waals surface area contributed by atoms with Crippen molar-refractivity contribution in [2.24, 2.45) is 0 Å². The summed E-state index contributed by atoms with van der Waals surface area (Å²) in [6, 6.07) is 11.7. The van der Waals surface area contributed by atoms with Gasteiger partial charge in [-0.05, 0) is 41.5 Å². The number of benzene rings is 2. The second kappa shape index (κ2) is 7.84. The number of nitro groups is 1. The molecule has 2 aromatic carbocycles. The van der Waals surface area contributed by atoms with Gasteiger partial charge >= 0.3 is 5.69 Å². The van der Waals surface area contributed by atoms with Crippen LogP contribution in [0.25, 0.3) is 11.6 Å². The highest BCUT2D eigenvalue weighted by atomic mass is 16.6. The fraction of sp³-hybridized carbons (Fsp3) is 0.167. The molecule has 0 heterocycles. The second-order valence-electron chi connectivity index (χ2n) is 4.93. The van der Waals surface area contributed by atoms with E-state index in [-0.39, 0.29) is 11.4 Å². The first-order valence-electron chi connectivity index (χ1n) is 7.20. The number of methoxy groups -OCH3 is 3. The maximum Gasteiger partial charge on any atom is 0.311 e. The molecule has 0 amide bonds. The lowest BCUT2D eigenvalue weighted by molar-refractivity contribution is -0.385. The van der Waals surface area contributed by atoms with E-state index < -0.39 is 4.92 Å². The Morgan fingerprint density at radius 2 is 1.68 bits per heavy atom. The summed E-state index contributed by atoms with van der Waals surface area (Å²) in [6.07, 6.45) is 1.56. The molecule has 0 saturated carbocycles. The Balaban J connectivity index is 2.49. The van der Waals surface area contributed by atoms with Crippen molar-refractivity contribution in [3.05, 3.63) is 57.6 Å². The fourth-order valence-corrected chi connectivity index (χ4v) is 2.29. The lowest BCUT2D eigenvalue weighted by Crippen LogP contribution is -1.94. The highest BCUT2D eigenvalue weighted by Gasteiger charge is 2.15. The summed E-state index contributed by atoms with van der Waals surface area (Å²) in [4.78, 5) is 10.6. The molecule has 0 aliphatic heterocycles. The van der Waals surface area contributed by atoms with Gasteiger partial charge < -0.3 is 14.2 Å². The maximum atomic E-state index is 11.1. The van der Waals surface area contributed by atoms with Gasteiger partial charge in [-0.2, -0.15) is 5.26 Å². The molecule has 0 radical (unpaired) electrons. The van der Waals surface area contributed by atoms with Crippen LogP contribution in [-0.4, -0.2) is 26.3 Å². The average molecular weight is 340 g/mol. The number of allylic oxidation sites excluding steroid dienone is 1. The van der Waals surface area contributed by atoms with E-state index in [1.807, 2.05) is 0 Å². The molecule has 0 spiro atoms. The summed E-state index contributed by atoms with van der Waals surface area (Å²) < 4.78 is 15.4. The second-order valence-corrected chi connectivity index (χ2v) is 4.93. The number of ether oxygens (including phenoxy) is 3. The van der Waals surface area contributed by atoms with Crippen LogP contribution in [-0.2, 0) is 0 Å². The zero-order valence-corrected chi connectivity index (χ0v) is 14.0. The van der Waals surface area contributed by atoms with E-state index in [9.17, 15) is 15.4 Å². The molecule has 0 saturated heterocycles. The Hall–Kier alpha value is -3.53. The van der Waals surface area contributed by atoms with Crippen LogP contribution in [0.5, 0.6) is 17.2 Å². The normalized spacial score (nSPS) is 10.7. The highest BCUT2D eigenvalue weighted by molar-refractivity contribution is 5.90. The van der Waals surface area contributed by atoms with Crippen LogP contribution in [0.15, 0.2) is 36.4 Å². The van der Waals surface area contributed by atoms with E-state index in [1.165, 1.54) is 33.5 Å². The predicted octanol–water partition coefficient (Wildman–Crippen LogP) is 3.68. The lowest BCUT2D eigenvalue weighted by Gasteiger charge is -2.09. The highest BCUT2D eigenvalue weighted by Crippen LogP contribution is 2.32. The maximum absolute atomic E-state index is 11.1. The van der Waals surface area contributed by atoms with Crippen LogP contribution in [0.2, 0.25) is 0 Å². The molecule has 0 unspecified atom stereocenters. The van der Waals surface area contributed by atoms with Crippen LogP contribution in [0.4, 0.5) is 5.69 Å². The molecule has 0 aliphatic rings. The van der Waals surface area contributed by atoms with Gasteiger partial charge in [-0.3, -0.25) is 10.1 Å². The topological polar surface area (TPSA) is 94.6 Å². The van der Waals surface area contributed by atoms with Gasteiger partial charge in [0.2, 0.25) is 0 Å². The van der Waals surface area contributed by atoms with Gasteiger partial charge in [0, 0.05) is 6.07 Å². The minimum Gasteiger partial charge on any atom is -0.493 e. The fourth-order valence-electron chi connectivity index (χ4n) is 2.29. The molecule has 0 atom stereocenters. The third kappa shape index (κ3) is 3.87. The lowest BCUT2D eigenvalue weighted by atomic mass is 10.0. The SMILES string of the molecule is COc1ccc(/C(C#N)=C\c2ccc(OC)c([N+](=O)[O-])c2)cc1OC. The average Bonchev–Trinajstić information content (AvgIpc) is 2.65. The third-order valence-electron chi connectivity index (χ3n) is 3.53. The minimum absolute atomic E-state index is 0.159. The van der Waals surface area contributed by atoms with Crippen molar-refractivity contribution in [2.75, 3.05) is 21.3 Å². The van der Waals surface area contributed by atoms with Gasteiger partial charge in [0.1, 0.15) is 0 Å². The van der Waals surface area contributed by atoms with Gasteiger partial charge in [-0.1, -0.05) is 6.07 Å². The standard InChI is InChI=1S/C18H16N2O5/c1-23-16-6-4-12(9-15(16)20(21)22)8-14(11-19)13-5-7-17(24-2)18(10-13)25-3/h4-10H,1-3H3/b14-8-. The van der Waals surface area contributed by atoms with E-state index in [0.717, 1.165) is 0 Å². The van der Waals surface area contributed by atoms with Crippen molar-refractivity contribution in [2.45, 2.75) is 0 Å². The van der Waals surface area contributed by atoms with Crippen LogP contribution in [0.1, 0.15) is 11.1 Å². The molecule has 2 rings (SSSR count). The molecule has 0 fully saturated rings. The van der Waals surface area contributed by atoms with Crippen molar-refractivity contribution in [1.82, 2.24) is 0 Å². The van der Waals surface area contributed by atoms with E-state index in [2.05, 4.69) is 6.07 Å². The number of hydrogen-bond acceptors (Lipinski definition) is 6. The van der Waals surface area contributed by atoms with Gasteiger partial charge in [0.05, 0.1) is 37.9 Å². The quantitative estimate of drug-likeness (QED) is 0.344. The molecule has 7 nitrogen and oxygen atoms in total. The molecular weight excluding hydrogens is 324 g/mol. The zero-order chi connectivity index (χ0) is 18.4. The zero-order valence-electron chi connectivity index (χ0n) is 14.0. The Labute approximate surface area is 144 Å². The summed E-state index contributed by atoms with van der Waals surface area (Å²) >= 11 is 0. The molecule has 0 N–H and O–H groups in total. The van der Waals surface area contributed by atoms with E-state index in [1.54, 1.807) is 30.3 Å². The number of nitro benzene ring substituents is 1. The molecule has 0 aromatic heterocycles. The minimum atomic E-state index is -0.529. The first-order chi connectivity index (χ1) is 12.0. The largest absolute Gasteiger partial charge is 0.493 e. The van der Waals surface area contributed by atoms with Crippen LogP contribution >= 0.6 is 0 Å². The van der Waals surface area contributed by atoms with Gasteiger partial charge in [0.15, 0.2) is 17.2 Å². The Morgan fingerprint density at radius 3 is 2.24 bits per heavy atom. The molecule has 128 valence electrons. The van der Waals surface area contributed by atoms with E-state index in [0.29, 0.717) is 28.2 Å². The van der Waals surface area contributed by atoms with Crippen LogP contribution in [0, 0.1) is 21.4 Å². The van der Waals surface area contributed by atoms with Gasteiger partial charge in [-0.15, -0.1) is 0 Å². The van der Waals surface area contributed by atoms with Crippen molar-refractivity contribution < 1.29 is 19.1 Å². The van der Waals surface area contributed by atoms with E-state index in [4.69, 9.17) is 14.2 Å². The number of rotatable bonds is 6. The molecule has 0 bridgehead atoms. The number of hydrogen-bond donors (Lipinski definition) is 0. The summed E-state index contributed by atoms with van der Waals surface area (Å²) in [5, 5.41) is 20.6. The van der Waals surface area contributed by atoms with E-state index >= 15 is 0 Å². The molecule has 2 aromatic rings. The Kier molecular flexibility index (Phi) is 5.58. The summed E-state index contributed by atoms with van der Waals surface area (Å²) in [7, 11) is 4.39. The summed E-state index contributed by atoms with van der Waals surface area (Å²) in [5.74, 6) is 1.19. The molecule has 7 heteroatoms. The predicted molar refractivity (Wildman–Crippen MR) is 92.7 cm³/mol. The first kappa shape index (κ1) is 17.8. The van der Waals surface area contributed by atoms with Crippen LogP contribution < -0.4 is 14.2 Å². The monoisotopic (exact) mass is 340 g/mol. The van der Waals surface area contributed by atoms with Gasteiger partial charge in [0.25, 0.3) is 0 Å². The van der Waals surface area contributed by atoms with Crippen molar-refractivity contribution in [1.29, 1.82) is 5.26 Å².